The Labute approximate surface area is 121 Å². The second kappa shape index (κ2) is 6.04. The number of alkyl halides is 3. The van der Waals surface area contributed by atoms with Gasteiger partial charge in [0.25, 0.3) is 0 Å². The Morgan fingerprint density at radius 2 is 1.72 bits per heavy atom. The minimum atomic E-state index is -3.40. The van der Waals surface area contributed by atoms with Gasteiger partial charge in [-0.25, -0.2) is 0 Å². The van der Waals surface area contributed by atoms with Crippen LogP contribution in [0.1, 0.15) is 0 Å². The summed E-state index contributed by atoms with van der Waals surface area (Å²) in [6, 6.07) is 8.28. The molecule has 0 aliphatic rings. The summed E-state index contributed by atoms with van der Waals surface area (Å²) >= 11 is 10.8. The normalized spacial score (nSPS) is 13.8. The van der Waals surface area contributed by atoms with Crippen molar-refractivity contribution in [1.29, 1.82) is 0 Å². The molecule has 0 aliphatic heterocycles. The Balaban J connectivity index is 3.11. The summed E-state index contributed by atoms with van der Waals surface area (Å²) in [5, 5.41) is 0. The fourth-order valence-corrected chi connectivity index (χ4v) is 3.92. The molecule has 9 heteroatoms. The molecule has 0 amide bonds. The minimum Gasteiger partial charge on any atom is -0.268 e. The van der Waals surface area contributed by atoms with Crippen LogP contribution in [-0.4, -0.2) is 31.4 Å². The van der Waals surface area contributed by atoms with Crippen molar-refractivity contribution in [2.24, 2.45) is 0 Å². The highest BCUT2D eigenvalue weighted by Crippen LogP contribution is 2.56. The zero-order valence-corrected chi connectivity index (χ0v) is 12.8. The molecule has 0 saturated heterocycles. The van der Waals surface area contributed by atoms with E-state index < -0.39 is 14.9 Å². The van der Waals surface area contributed by atoms with Gasteiger partial charge in [0.2, 0.25) is 0 Å². The van der Waals surface area contributed by atoms with Crippen LogP contribution in [0.5, 0.6) is 0 Å². The summed E-state index contributed by atoms with van der Waals surface area (Å²) in [5.41, 5.74) is 0.375. The topological polar surface area (TPSA) is 46.9 Å². The second-order valence-electron chi connectivity index (χ2n) is 3.43. The molecule has 4 nitrogen and oxygen atoms in total. The standard InChI is InChI=1S/C9H13Cl2FN2O2S2/c1-13(2)18(15,16)14(17-9(10,11)12)8-6-4-3-5-7-8/h3-7,15-16H,1-2H3. The zero-order chi connectivity index (χ0) is 14.0. The zero-order valence-electron chi connectivity index (χ0n) is 9.63. The predicted octanol–water partition coefficient (Wildman–Crippen LogP) is 4.34. The van der Waals surface area contributed by atoms with Crippen LogP contribution in [0.4, 0.5) is 10.1 Å². The molecule has 18 heavy (non-hydrogen) atoms. The summed E-state index contributed by atoms with van der Waals surface area (Å²) in [4.78, 5) is 0. The molecule has 0 saturated carbocycles. The third kappa shape index (κ3) is 4.34. The highest BCUT2D eigenvalue weighted by atomic mass is 35.5. The molecular formula is C9H13Cl2FN2O2S2. The summed E-state index contributed by atoms with van der Waals surface area (Å²) in [7, 11) is -0.499. The van der Waals surface area contributed by atoms with Crippen molar-refractivity contribution in [3.63, 3.8) is 0 Å². The molecule has 0 heterocycles. The maximum absolute atomic E-state index is 13.3. The molecule has 0 bridgehead atoms. The lowest BCUT2D eigenvalue weighted by molar-refractivity contribution is 0.416. The fourth-order valence-electron chi connectivity index (χ4n) is 1.04. The van der Waals surface area contributed by atoms with E-state index in [1.807, 2.05) is 0 Å². The van der Waals surface area contributed by atoms with Crippen molar-refractivity contribution in [3.8, 4) is 0 Å². The van der Waals surface area contributed by atoms with Crippen LogP contribution in [0.25, 0.3) is 0 Å². The molecule has 1 aromatic carbocycles. The van der Waals surface area contributed by atoms with Gasteiger partial charge in [0.1, 0.15) is 0 Å². The van der Waals surface area contributed by atoms with Crippen molar-refractivity contribution >= 4 is 51.8 Å². The van der Waals surface area contributed by atoms with E-state index in [1.54, 1.807) is 30.3 Å². The van der Waals surface area contributed by atoms with Crippen LogP contribution < -0.4 is 3.71 Å². The Morgan fingerprint density at radius 3 is 2.11 bits per heavy atom. The first-order chi connectivity index (χ1) is 8.14. The molecule has 0 fully saturated rings. The van der Waals surface area contributed by atoms with Crippen LogP contribution in [-0.2, 0) is 0 Å². The van der Waals surface area contributed by atoms with Crippen LogP contribution in [0.3, 0.4) is 0 Å². The first kappa shape index (κ1) is 16.2. The second-order valence-corrected chi connectivity index (χ2v) is 8.53. The third-order valence-electron chi connectivity index (χ3n) is 1.87. The van der Waals surface area contributed by atoms with Gasteiger partial charge in [-0.2, -0.15) is 12.4 Å². The van der Waals surface area contributed by atoms with Gasteiger partial charge in [-0.3, -0.25) is 9.11 Å². The molecule has 0 atom stereocenters. The predicted molar refractivity (Wildman–Crippen MR) is 78.6 cm³/mol. The quantitative estimate of drug-likeness (QED) is 0.619. The van der Waals surface area contributed by atoms with Crippen molar-refractivity contribution in [1.82, 2.24) is 4.31 Å². The Bertz CT molecular complexity index is 390. The number of nitrogens with zero attached hydrogens (tertiary/aromatic N) is 2. The van der Waals surface area contributed by atoms with E-state index in [9.17, 15) is 13.5 Å². The van der Waals surface area contributed by atoms with Gasteiger partial charge in [-0.1, -0.05) is 41.4 Å². The van der Waals surface area contributed by atoms with E-state index in [0.29, 0.717) is 5.69 Å². The number of anilines is 1. The summed E-state index contributed by atoms with van der Waals surface area (Å²) < 4.78 is 32.9. The molecule has 1 aromatic rings. The monoisotopic (exact) mass is 334 g/mol. The molecule has 0 aliphatic carbocycles. The van der Waals surface area contributed by atoms with E-state index in [0.717, 1.165) is 8.02 Å². The van der Waals surface area contributed by atoms with E-state index in [2.05, 4.69) is 0 Å². The van der Waals surface area contributed by atoms with Crippen LogP contribution in [0.2, 0.25) is 0 Å². The molecule has 0 radical (unpaired) electrons. The van der Waals surface area contributed by atoms with Crippen molar-refractivity contribution in [2.45, 2.75) is 3.92 Å². The molecule has 104 valence electrons. The number of hydrogen-bond acceptors (Lipinski definition) is 5. The number of benzene rings is 1. The summed E-state index contributed by atoms with van der Waals surface area (Å²) in [6.07, 6.45) is 0. The first-order valence-electron chi connectivity index (χ1n) is 4.71. The van der Waals surface area contributed by atoms with Gasteiger partial charge in [0, 0.05) is 26.0 Å². The maximum atomic E-state index is 13.3. The Kier molecular flexibility index (Phi) is 5.43. The number of rotatable bonds is 5. The number of para-hydroxylation sites is 1. The Morgan fingerprint density at radius 1 is 1.22 bits per heavy atom. The lowest BCUT2D eigenvalue weighted by Crippen LogP contribution is -2.33. The molecular weight excluding hydrogens is 322 g/mol. The number of halogens is 3. The minimum absolute atomic E-state index is 0.283. The summed E-state index contributed by atoms with van der Waals surface area (Å²) in [6.45, 7) is 0. The molecule has 0 unspecified atom stereocenters. The van der Waals surface area contributed by atoms with E-state index in [-0.39, 0.29) is 11.9 Å². The lowest BCUT2D eigenvalue weighted by atomic mass is 10.3. The Hall–Kier alpha value is 0.110. The average Bonchev–Trinajstić information content (AvgIpc) is 2.25. The van der Waals surface area contributed by atoms with E-state index in [4.69, 9.17) is 23.2 Å². The lowest BCUT2D eigenvalue weighted by Gasteiger charge is -2.46. The van der Waals surface area contributed by atoms with Crippen LogP contribution in [0.15, 0.2) is 30.3 Å². The summed E-state index contributed by atoms with van der Waals surface area (Å²) in [5.74, 6) is 0. The van der Waals surface area contributed by atoms with Crippen molar-refractivity contribution < 1.29 is 13.5 Å². The largest absolute Gasteiger partial charge is 0.325 e. The fraction of sp³-hybridized carbons (Fsp3) is 0.333. The van der Waals surface area contributed by atoms with Gasteiger partial charge < -0.3 is 0 Å². The molecule has 0 spiro atoms. The molecule has 0 aromatic heterocycles. The maximum Gasteiger partial charge on any atom is 0.325 e. The van der Waals surface area contributed by atoms with Gasteiger partial charge in [0.15, 0.2) is 0 Å². The van der Waals surface area contributed by atoms with Gasteiger partial charge in [0.05, 0.1) is 5.69 Å². The van der Waals surface area contributed by atoms with Crippen molar-refractivity contribution in [3.05, 3.63) is 30.3 Å². The molecule has 2 N–H and O–H groups in total. The van der Waals surface area contributed by atoms with Gasteiger partial charge in [-0.15, -0.1) is 0 Å². The highest BCUT2D eigenvalue weighted by molar-refractivity contribution is 8.33. The van der Waals surface area contributed by atoms with Crippen LogP contribution in [0, 0.1) is 0 Å². The highest BCUT2D eigenvalue weighted by Gasteiger charge is 2.36. The van der Waals surface area contributed by atoms with E-state index >= 15 is 0 Å². The van der Waals surface area contributed by atoms with E-state index in [1.165, 1.54) is 14.1 Å². The van der Waals surface area contributed by atoms with Crippen molar-refractivity contribution in [2.75, 3.05) is 17.8 Å². The third-order valence-corrected chi connectivity index (χ3v) is 5.32. The van der Waals surface area contributed by atoms with Gasteiger partial charge >= 0.3 is 3.92 Å². The smallest absolute Gasteiger partial charge is 0.268 e. The number of hydrogen-bond donors (Lipinski definition) is 2. The van der Waals surface area contributed by atoms with Gasteiger partial charge in [-0.05, 0) is 23.1 Å². The molecule has 1 rings (SSSR count). The SMILES string of the molecule is CN(C)S(O)(O)N(SC(F)(Cl)Cl)c1ccccc1. The average molecular weight is 335 g/mol. The first-order valence-corrected chi connectivity index (χ1v) is 7.70. The van der Waals surface area contributed by atoms with Crippen LogP contribution >= 0.6 is 46.1 Å².